The fourth-order valence-corrected chi connectivity index (χ4v) is 2.95. The number of carbonyl (C=O) groups is 1. The number of hydrogen-bond donors (Lipinski definition) is 0. The molecule has 0 aliphatic rings. The van der Waals surface area contributed by atoms with Crippen LogP contribution in [0, 0.1) is 0 Å². The molecule has 2 aromatic rings. The van der Waals surface area contributed by atoms with Crippen LogP contribution in [0.4, 0.5) is 0 Å². The van der Waals surface area contributed by atoms with Gasteiger partial charge in [0.05, 0.1) is 11.4 Å². The molecular formula is C15H17ClN2OS. The molecule has 0 N–H and O–H groups in total. The molecule has 0 aliphatic heterocycles. The number of halogens is 1. The number of ketones is 1. The standard InChI is InChI=1S/C15H17ClN2OS/c1-3-12-8-13(18(2)17-12)9-14(19)10-20-15-6-4-5-11(16)7-15/h4-8H,3,9-10H2,1-2H3. The lowest BCUT2D eigenvalue weighted by Gasteiger charge is -2.03. The Morgan fingerprint density at radius 3 is 2.85 bits per heavy atom. The third kappa shape index (κ3) is 4.12. The molecule has 5 heteroatoms. The Morgan fingerprint density at radius 2 is 2.20 bits per heavy atom. The highest BCUT2D eigenvalue weighted by Gasteiger charge is 2.10. The maximum Gasteiger partial charge on any atom is 0.149 e. The predicted octanol–water partition coefficient (Wildman–Crippen LogP) is 3.54. The van der Waals surface area contributed by atoms with E-state index >= 15 is 0 Å². The molecule has 1 heterocycles. The molecular weight excluding hydrogens is 292 g/mol. The van der Waals surface area contributed by atoms with Gasteiger partial charge >= 0.3 is 0 Å². The lowest BCUT2D eigenvalue weighted by atomic mass is 10.2. The van der Waals surface area contributed by atoms with Gasteiger partial charge in [0.15, 0.2) is 0 Å². The largest absolute Gasteiger partial charge is 0.298 e. The molecule has 0 radical (unpaired) electrons. The number of thioether (sulfide) groups is 1. The van der Waals surface area contributed by atoms with Gasteiger partial charge in [0.2, 0.25) is 0 Å². The molecule has 0 aliphatic carbocycles. The third-order valence-electron chi connectivity index (χ3n) is 2.96. The summed E-state index contributed by atoms with van der Waals surface area (Å²) in [6, 6.07) is 9.56. The summed E-state index contributed by atoms with van der Waals surface area (Å²) in [5, 5.41) is 5.05. The summed E-state index contributed by atoms with van der Waals surface area (Å²) in [6.45, 7) is 2.06. The summed E-state index contributed by atoms with van der Waals surface area (Å²) in [5.74, 6) is 0.646. The van der Waals surface area contributed by atoms with E-state index in [2.05, 4.69) is 12.0 Å². The van der Waals surface area contributed by atoms with E-state index in [0.29, 0.717) is 17.2 Å². The highest BCUT2D eigenvalue weighted by Crippen LogP contribution is 2.22. The van der Waals surface area contributed by atoms with Gasteiger partial charge in [0, 0.05) is 29.1 Å². The first kappa shape index (κ1) is 15.1. The van der Waals surface area contributed by atoms with Gasteiger partial charge < -0.3 is 0 Å². The normalized spacial score (nSPS) is 10.8. The fraction of sp³-hybridized carbons (Fsp3) is 0.333. The van der Waals surface area contributed by atoms with Gasteiger partial charge in [-0.1, -0.05) is 24.6 Å². The van der Waals surface area contributed by atoms with Crippen molar-refractivity contribution < 1.29 is 4.79 Å². The van der Waals surface area contributed by atoms with Crippen LogP contribution in [0.3, 0.4) is 0 Å². The second-order valence-electron chi connectivity index (χ2n) is 4.57. The monoisotopic (exact) mass is 308 g/mol. The topological polar surface area (TPSA) is 34.9 Å². The van der Waals surface area contributed by atoms with Crippen molar-refractivity contribution in [3.63, 3.8) is 0 Å². The quantitative estimate of drug-likeness (QED) is 0.766. The van der Waals surface area contributed by atoms with Gasteiger partial charge in [-0.2, -0.15) is 5.10 Å². The zero-order valence-electron chi connectivity index (χ0n) is 11.6. The Morgan fingerprint density at radius 1 is 1.40 bits per heavy atom. The number of benzene rings is 1. The van der Waals surface area contributed by atoms with Crippen LogP contribution in [0.1, 0.15) is 18.3 Å². The summed E-state index contributed by atoms with van der Waals surface area (Å²) in [6.07, 6.45) is 1.32. The maximum absolute atomic E-state index is 12.0. The molecule has 0 saturated carbocycles. The summed E-state index contributed by atoms with van der Waals surface area (Å²) < 4.78 is 1.79. The highest BCUT2D eigenvalue weighted by atomic mass is 35.5. The van der Waals surface area contributed by atoms with E-state index in [1.807, 2.05) is 37.4 Å². The van der Waals surface area contributed by atoms with Crippen molar-refractivity contribution in [3.8, 4) is 0 Å². The summed E-state index contributed by atoms with van der Waals surface area (Å²) in [7, 11) is 1.88. The van der Waals surface area contributed by atoms with Gasteiger partial charge in [-0.05, 0) is 30.7 Å². The molecule has 0 saturated heterocycles. The molecule has 3 nitrogen and oxygen atoms in total. The van der Waals surface area contributed by atoms with Crippen molar-refractivity contribution >= 4 is 29.1 Å². The molecule has 0 atom stereocenters. The summed E-state index contributed by atoms with van der Waals surface area (Å²) in [4.78, 5) is 13.0. The van der Waals surface area contributed by atoms with Crippen molar-refractivity contribution in [3.05, 3.63) is 46.7 Å². The number of carbonyl (C=O) groups excluding carboxylic acids is 1. The van der Waals surface area contributed by atoms with Crippen LogP contribution in [0.15, 0.2) is 35.2 Å². The minimum atomic E-state index is 0.195. The molecule has 1 aromatic carbocycles. The molecule has 0 amide bonds. The Labute approximate surface area is 128 Å². The fourth-order valence-electron chi connectivity index (χ4n) is 1.88. The van der Waals surface area contributed by atoms with E-state index in [0.717, 1.165) is 22.7 Å². The minimum absolute atomic E-state index is 0.195. The van der Waals surface area contributed by atoms with Gasteiger partial charge in [-0.15, -0.1) is 11.8 Å². The van der Waals surface area contributed by atoms with Crippen molar-refractivity contribution in [2.75, 3.05) is 5.75 Å². The van der Waals surface area contributed by atoms with E-state index in [1.165, 1.54) is 11.8 Å². The average Bonchev–Trinajstić information content (AvgIpc) is 2.77. The second kappa shape index (κ2) is 6.95. The van der Waals surface area contributed by atoms with Crippen LogP contribution in [0.25, 0.3) is 0 Å². The number of aromatic nitrogens is 2. The van der Waals surface area contributed by atoms with E-state index in [1.54, 1.807) is 4.68 Å². The van der Waals surface area contributed by atoms with Crippen LogP contribution in [0.5, 0.6) is 0 Å². The third-order valence-corrected chi connectivity index (χ3v) is 4.25. The lowest BCUT2D eigenvalue weighted by Crippen LogP contribution is -2.09. The van der Waals surface area contributed by atoms with Crippen LogP contribution >= 0.6 is 23.4 Å². The SMILES string of the molecule is CCc1cc(CC(=O)CSc2cccc(Cl)c2)n(C)n1. The van der Waals surface area contributed by atoms with Crippen LogP contribution in [0.2, 0.25) is 5.02 Å². The van der Waals surface area contributed by atoms with Gasteiger partial charge in [-0.3, -0.25) is 9.48 Å². The summed E-state index contributed by atoms with van der Waals surface area (Å²) in [5.41, 5.74) is 2.00. The Bertz CT molecular complexity index is 610. The van der Waals surface area contributed by atoms with Crippen molar-refractivity contribution in [2.24, 2.45) is 7.05 Å². The molecule has 1 aromatic heterocycles. The van der Waals surface area contributed by atoms with E-state index < -0.39 is 0 Å². The minimum Gasteiger partial charge on any atom is -0.298 e. The first-order chi connectivity index (χ1) is 9.58. The number of rotatable bonds is 6. The van der Waals surface area contributed by atoms with Crippen LogP contribution < -0.4 is 0 Å². The van der Waals surface area contributed by atoms with Crippen molar-refractivity contribution in [2.45, 2.75) is 24.7 Å². The molecule has 2 rings (SSSR count). The second-order valence-corrected chi connectivity index (χ2v) is 6.05. The van der Waals surface area contributed by atoms with Gasteiger partial charge in [0.25, 0.3) is 0 Å². The van der Waals surface area contributed by atoms with E-state index in [-0.39, 0.29) is 5.78 Å². The highest BCUT2D eigenvalue weighted by molar-refractivity contribution is 8.00. The number of hydrogen-bond acceptors (Lipinski definition) is 3. The molecule has 20 heavy (non-hydrogen) atoms. The number of Topliss-reactive ketones (excluding diaryl/α,β-unsaturated/α-hetero) is 1. The van der Waals surface area contributed by atoms with E-state index in [9.17, 15) is 4.79 Å². The van der Waals surface area contributed by atoms with Crippen LogP contribution in [-0.2, 0) is 24.7 Å². The smallest absolute Gasteiger partial charge is 0.149 e. The molecule has 0 unspecified atom stereocenters. The average molecular weight is 309 g/mol. The van der Waals surface area contributed by atoms with Crippen molar-refractivity contribution in [1.29, 1.82) is 0 Å². The zero-order chi connectivity index (χ0) is 14.5. The first-order valence-corrected chi connectivity index (χ1v) is 7.86. The lowest BCUT2D eigenvalue weighted by molar-refractivity contribution is -0.116. The molecule has 106 valence electrons. The predicted molar refractivity (Wildman–Crippen MR) is 83.5 cm³/mol. The number of nitrogens with zero attached hydrogens (tertiary/aromatic N) is 2. The Balaban J connectivity index is 1.90. The van der Waals surface area contributed by atoms with Crippen molar-refractivity contribution in [1.82, 2.24) is 9.78 Å². The van der Waals surface area contributed by atoms with Gasteiger partial charge in [0.1, 0.15) is 5.78 Å². The Hall–Kier alpha value is -1.26. The first-order valence-electron chi connectivity index (χ1n) is 6.50. The summed E-state index contributed by atoms with van der Waals surface area (Å²) >= 11 is 7.44. The number of aryl methyl sites for hydroxylation is 2. The zero-order valence-corrected chi connectivity index (χ0v) is 13.2. The Kier molecular flexibility index (Phi) is 5.26. The molecule has 0 spiro atoms. The maximum atomic E-state index is 12.0. The van der Waals surface area contributed by atoms with Crippen LogP contribution in [-0.4, -0.2) is 21.3 Å². The molecule has 0 bridgehead atoms. The van der Waals surface area contributed by atoms with Gasteiger partial charge in [-0.25, -0.2) is 0 Å². The van der Waals surface area contributed by atoms with E-state index in [4.69, 9.17) is 11.6 Å². The molecule has 0 fully saturated rings.